The van der Waals surface area contributed by atoms with Crippen LogP contribution in [0.4, 0.5) is 11.6 Å². The summed E-state index contributed by atoms with van der Waals surface area (Å²) in [4.78, 5) is 16.9. The van der Waals surface area contributed by atoms with Crippen LogP contribution in [-0.4, -0.2) is 50.0 Å². The molecule has 174 valence electrons. The number of halogens is 1. The number of rotatable bonds is 5. The molecule has 0 amide bonds. The lowest BCUT2D eigenvalue weighted by Crippen LogP contribution is -2.45. The van der Waals surface area contributed by atoms with E-state index >= 15 is 0 Å². The molecule has 3 aromatic heterocycles. The van der Waals surface area contributed by atoms with Gasteiger partial charge in [0.1, 0.15) is 16.5 Å². The summed E-state index contributed by atoms with van der Waals surface area (Å²) in [6.07, 6.45) is 5.41. The van der Waals surface area contributed by atoms with Crippen LogP contribution >= 0.6 is 23.4 Å². The van der Waals surface area contributed by atoms with Crippen molar-refractivity contribution < 1.29 is 5.11 Å². The van der Waals surface area contributed by atoms with Crippen molar-refractivity contribution in [3.63, 3.8) is 0 Å². The Hall–Kier alpha value is -2.40. The van der Waals surface area contributed by atoms with E-state index in [1.165, 1.54) is 11.8 Å². The van der Waals surface area contributed by atoms with Crippen molar-refractivity contribution in [2.75, 3.05) is 30.4 Å². The van der Waals surface area contributed by atoms with E-state index in [0.717, 1.165) is 59.6 Å². The average Bonchev–Trinajstić information content (AvgIpc) is 3.38. The first-order valence-corrected chi connectivity index (χ1v) is 12.2. The van der Waals surface area contributed by atoms with E-state index in [4.69, 9.17) is 27.3 Å². The fourth-order valence-corrected chi connectivity index (χ4v) is 6.04. The number of nitrogens with one attached hydrogen (secondary N) is 1. The molecule has 1 fully saturated rings. The van der Waals surface area contributed by atoms with Crippen LogP contribution in [0, 0.1) is 12.3 Å². The minimum absolute atomic E-state index is 0.00123. The molecular formula is C22H27ClN8OS. The van der Waals surface area contributed by atoms with E-state index in [1.807, 2.05) is 29.9 Å². The predicted octanol–water partition coefficient (Wildman–Crippen LogP) is 3.02. The van der Waals surface area contributed by atoms with E-state index in [1.54, 1.807) is 13.2 Å². The van der Waals surface area contributed by atoms with Gasteiger partial charge in [0.05, 0.1) is 29.1 Å². The van der Waals surface area contributed by atoms with Crippen LogP contribution in [0.1, 0.15) is 36.0 Å². The molecule has 3 aromatic rings. The third-order valence-corrected chi connectivity index (χ3v) is 8.41. The summed E-state index contributed by atoms with van der Waals surface area (Å²) in [6.45, 7) is 4.24. The van der Waals surface area contributed by atoms with Crippen LogP contribution in [0.3, 0.4) is 0 Å². The molecule has 2 aliphatic rings. The van der Waals surface area contributed by atoms with Crippen LogP contribution in [0.25, 0.3) is 0 Å². The summed E-state index contributed by atoms with van der Waals surface area (Å²) in [5, 5.41) is 18.8. The van der Waals surface area contributed by atoms with Crippen molar-refractivity contribution in [1.29, 1.82) is 0 Å². The molecule has 1 atom stereocenters. The number of anilines is 2. The number of aryl methyl sites for hydroxylation is 1. The van der Waals surface area contributed by atoms with Gasteiger partial charge in [-0.05, 0) is 31.9 Å². The lowest BCUT2D eigenvalue weighted by molar-refractivity contribution is 0.170. The summed E-state index contributed by atoms with van der Waals surface area (Å²) in [5.41, 5.74) is 9.13. The van der Waals surface area contributed by atoms with Crippen molar-refractivity contribution in [3.05, 3.63) is 46.6 Å². The molecule has 5 heterocycles. The van der Waals surface area contributed by atoms with Gasteiger partial charge < -0.3 is 21.1 Å². The monoisotopic (exact) mass is 486 g/mol. The van der Waals surface area contributed by atoms with Gasteiger partial charge in [0.25, 0.3) is 0 Å². The number of hydrogen-bond donors (Lipinski definition) is 3. The second kappa shape index (κ2) is 8.75. The van der Waals surface area contributed by atoms with Crippen molar-refractivity contribution in [2.45, 2.75) is 48.9 Å². The first-order chi connectivity index (χ1) is 16.0. The number of hydrogen-bond acceptors (Lipinski definition) is 9. The molecule has 11 heteroatoms. The Balaban J connectivity index is 1.36. The van der Waals surface area contributed by atoms with Crippen LogP contribution in [0.2, 0.25) is 5.02 Å². The van der Waals surface area contributed by atoms with E-state index in [9.17, 15) is 5.11 Å². The number of piperidine rings is 1. The number of aromatic nitrogens is 5. The molecule has 0 aliphatic carbocycles. The second-order valence-corrected chi connectivity index (χ2v) is 10.0. The zero-order chi connectivity index (χ0) is 23.2. The highest BCUT2D eigenvalue weighted by Gasteiger charge is 2.47. The van der Waals surface area contributed by atoms with Gasteiger partial charge >= 0.3 is 0 Å². The van der Waals surface area contributed by atoms with Crippen LogP contribution in [0.15, 0.2) is 34.4 Å². The summed E-state index contributed by atoms with van der Waals surface area (Å²) >= 11 is 7.89. The highest BCUT2D eigenvalue weighted by molar-refractivity contribution is 7.99. The van der Waals surface area contributed by atoms with Crippen molar-refractivity contribution >= 4 is 35.0 Å². The largest absolute Gasteiger partial charge is 0.390 e. The third kappa shape index (κ3) is 3.84. The van der Waals surface area contributed by atoms with E-state index in [-0.39, 0.29) is 18.1 Å². The Bertz CT molecular complexity index is 1180. The maximum Gasteiger partial charge on any atom is 0.153 e. The molecule has 33 heavy (non-hydrogen) atoms. The minimum Gasteiger partial charge on any atom is -0.390 e. The molecule has 0 bridgehead atoms. The van der Waals surface area contributed by atoms with Crippen molar-refractivity contribution in [1.82, 2.24) is 24.7 Å². The van der Waals surface area contributed by atoms with Gasteiger partial charge in [-0.2, -0.15) is 5.10 Å². The fraction of sp³-hybridized carbons (Fsp3) is 0.455. The smallest absolute Gasteiger partial charge is 0.153 e. The zero-order valence-electron chi connectivity index (χ0n) is 18.6. The predicted molar refractivity (Wildman–Crippen MR) is 129 cm³/mol. The number of nitrogens with zero attached hydrogens (tertiary/aromatic N) is 6. The average molecular weight is 487 g/mol. The molecule has 0 aromatic carbocycles. The van der Waals surface area contributed by atoms with Crippen LogP contribution < -0.4 is 16.0 Å². The summed E-state index contributed by atoms with van der Waals surface area (Å²) in [5.74, 6) is 1.36. The normalized spacial score (nSPS) is 19.2. The maximum atomic E-state index is 10.1. The Morgan fingerprint density at radius 1 is 1.27 bits per heavy atom. The van der Waals surface area contributed by atoms with Gasteiger partial charge in [-0.3, -0.25) is 4.68 Å². The standard InChI is InChI=1S/C22H27ClN8OS/c1-13-21(33-16-4-7-26-19(25-2)17(16)23)29-14(11-32)20(28-13)30-9-5-22(6-10-30)12-31-15(18(22)24)3-8-27-31/h3-4,7-8,18,32H,5-6,9-12,24H2,1-2H3,(H,25,26). The van der Waals surface area contributed by atoms with Crippen LogP contribution in [0.5, 0.6) is 0 Å². The summed E-state index contributed by atoms with van der Waals surface area (Å²) in [7, 11) is 1.78. The molecule has 2 aliphatic heterocycles. The van der Waals surface area contributed by atoms with Gasteiger partial charge in [0.2, 0.25) is 0 Å². The van der Waals surface area contributed by atoms with E-state index in [2.05, 4.69) is 20.3 Å². The van der Waals surface area contributed by atoms with Gasteiger partial charge in [-0.1, -0.05) is 23.4 Å². The van der Waals surface area contributed by atoms with Crippen LogP contribution in [-0.2, 0) is 13.2 Å². The van der Waals surface area contributed by atoms with Gasteiger partial charge in [0, 0.05) is 49.4 Å². The second-order valence-electron chi connectivity index (χ2n) is 8.61. The number of fused-ring (bicyclic) bond motifs is 1. The van der Waals surface area contributed by atoms with Gasteiger partial charge in [-0.15, -0.1) is 0 Å². The highest BCUT2D eigenvalue weighted by atomic mass is 35.5. The SMILES string of the molecule is CNc1nccc(Sc2nc(CO)c(N3CCC4(CC3)Cn3nccc3C4N)nc2C)c1Cl. The highest BCUT2D eigenvalue weighted by Crippen LogP contribution is 2.48. The molecule has 9 nitrogen and oxygen atoms in total. The first kappa shape index (κ1) is 22.4. The van der Waals surface area contributed by atoms with Gasteiger partial charge in [-0.25, -0.2) is 15.0 Å². The third-order valence-electron chi connectivity index (χ3n) is 6.78. The van der Waals surface area contributed by atoms with E-state index < -0.39 is 0 Å². The topological polar surface area (TPSA) is 118 Å². The Morgan fingerprint density at radius 3 is 2.76 bits per heavy atom. The van der Waals surface area contributed by atoms with Gasteiger partial charge in [0.15, 0.2) is 5.82 Å². The Kier molecular flexibility index (Phi) is 5.94. The molecule has 1 unspecified atom stereocenters. The molecule has 1 saturated heterocycles. The molecule has 5 rings (SSSR count). The zero-order valence-corrected chi connectivity index (χ0v) is 20.2. The fourth-order valence-electron chi connectivity index (χ4n) is 4.85. The number of aliphatic hydroxyl groups is 1. The number of pyridine rings is 1. The van der Waals surface area contributed by atoms with E-state index in [0.29, 0.717) is 16.5 Å². The Labute approximate surface area is 201 Å². The lowest BCUT2D eigenvalue weighted by Gasteiger charge is -2.42. The summed E-state index contributed by atoms with van der Waals surface area (Å²) < 4.78 is 2.04. The Morgan fingerprint density at radius 2 is 2.06 bits per heavy atom. The molecule has 0 saturated carbocycles. The molecular weight excluding hydrogens is 460 g/mol. The van der Waals surface area contributed by atoms with Crippen molar-refractivity contribution in [3.8, 4) is 0 Å². The molecule has 1 spiro atoms. The quantitative estimate of drug-likeness (QED) is 0.500. The molecule has 0 radical (unpaired) electrons. The maximum absolute atomic E-state index is 10.1. The molecule has 4 N–H and O–H groups in total. The lowest BCUT2D eigenvalue weighted by atomic mass is 9.73. The van der Waals surface area contributed by atoms with Crippen molar-refractivity contribution in [2.24, 2.45) is 11.1 Å². The minimum atomic E-state index is -0.182. The summed E-state index contributed by atoms with van der Waals surface area (Å²) in [6, 6.07) is 3.87. The number of aliphatic hydroxyl groups excluding tert-OH is 1. The first-order valence-electron chi connectivity index (χ1n) is 11.0. The number of nitrogens with two attached hydrogens (primary N) is 1.